The van der Waals surface area contributed by atoms with E-state index in [1.54, 1.807) is 30.3 Å². The van der Waals surface area contributed by atoms with Crippen LogP contribution in [0.4, 0.5) is 17.2 Å². The van der Waals surface area contributed by atoms with Crippen molar-refractivity contribution < 1.29 is 14.3 Å². The summed E-state index contributed by atoms with van der Waals surface area (Å²) in [7, 11) is 1.34. The van der Waals surface area contributed by atoms with Gasteiger partial charge in [-0.15, -0.1) is 0 Å². The van der Waals surface area contributed by atoms with Gasteiger partial charge in [0.25, 0.3) is 5.91 Å². The Labute approximate surface area is 157 Å². The average Bonchev–Trinajstić information content (AvgIpc) is 2.70. The number of ether oxygens (including phenoxy) is 1. The molecule has 0 saturated heterocycles. The lowest BCUT2D eigenvalue weighted by Crippen LogP contribution is -2.13. The number of aryl methyl sites for hydroxylation is 1. The van der Waals surface area contributed by atoms with Crippen LogP contribution in [0.3, 0.4) is 0 Å². The predicted molar refractivity (Wildman–Crippen MR) is 104 cm³/mol. The van der Waals surface area contributed by atoms with Gasteiger partial charge in [-0.2, -0.15) is 0 Å². The van der Waals surface area contributed by atoms with Gasteiger partial charge >= 0.3 is 5.97 Å². The molecule has 0 spiro atoms. The van der Waals surface area contributed by atoms with Gasteiger partial charge in [0.1, 0.15) is 5.82 Å². The molecule has 1 aromatic heterocycles. The number of aromatic nitrogens is 1. The molecule has 27 heavy (non-hydrogen) atoms. The monoisotopic (exact) mass is 361 g/mol. The molecule has 0 aliphatic carbocycles. The summed E-state index contributed by atoms with van der Waals surface area (Å²) >= 11 is 0. The van der Waals surface area contributed by atoms with Crippen LogP contribution in [0.1, 0.15) is 26.3 Å². The van der Waals surface area contributed by atoms with E-state index in [1.807, 2.05) is 37.3 Å². The number of hydrogen-bond donors (Lipinski definition) is 2. The molecule has 1 amide bonds. The lowest BCUT2D eigenvalue weighted by molar-refractivity contribution is 0.0600. The molecule has 6 heteroatoms. The Kier molecular flexibility index (Phi) is 5.47. The van der Waals surface area contributed by atoms with Crippen LogP contribution in [0, 0.1) is 6.92 Å². The number of anilines is 3. The second kappa shape index (κ2) is 8.14. The molecule has 0 aliphatic rings. The van der Waals surface area contributed by atoms with Crippen LogP contribution in [0.5, 0.6) is 0 Å². The third kappa shape index (κ3) is 4.49. The van der Waals surface area contributed by atoms with Crippen LogP contribution >= 0.6 is 0 Å². The van der Waals surface area contributed by atoms with Crippen LogP contribution in [-0.2, 0) is 4.74 Å². The molecule has 2 aromatic carbocycles. The summed E-state index contributed by atoms with van der Waals surface area (Å²) < 4.78 is 4.71. The van der Waals surface area contributed by atoms with Gasteiger partial charge in [-0.05, 0) is 48.9 Å². The number of carbonyl (C=O) groups excluding carboxylic acids is 2. The normalized spacial score (nSPS) is 10.1. The number of amides is 1. The van der Waals surface area contributed by atoms with Crippen LogP contribution in [-0.4, -0.2) is 24.0 Å². The molecule has 0 fully saturated rings. The first-order valence-electron chi connectivity index (χ1n) is 8.35. The second-order valence-electron chi connectivity index (χ2n) is 5.90. The van der Waals surface area contributed by atoms with Crippen molar-refractivity contribution in [1.82, 2.24) is 4.98 Å². The number of benzene rings is 2. The Morgan fingerprint density at radius 3 is 2.48 bits per heavy atom. The summed E-state index contributed by atoms with van der Waals surface area (Å²) in [6.07, 6.45) is 1.50. The molecule has 1 heterocycles. The highest BCUT2D eigenvalue weighted by Gasteiger charge is 2.09. The van der Waals surface area contributed by atoms with Crippen molar-refractivity contribution in [3.05, 3.63) is 83.6 Å². The molecule has 6 nitrogen and oxygen atoms in total. The number of para-hydroxylation sites is 1. The zero-order chi connectivity index (χ0) is 19.2. The number of esters is 1. The first-order valence-corrected chi connectivity index (χ1v) is 8.35. The third-order valence-electron chi connectivity index (χ3n) is 3.98. The number of nitrogens with one attached hydrogen (secondary N) is 2. The van der Waals surface area contributed by atoms with Crippen LogP contribution in [0.2, 0.25) is 0 Å². The topological polar surface area (TPSA) is 80.3 Å². The maximum atomic E-state index is 12.4. The van der Waals surface area contributed by atoms with Gasteiger partial charge in [0.15, 0.2) is 0 Å². The van der Waals surface area contributed by atoms with Crippen molar-refractivity contribution in [3.8, 4) is 0 Å². The molecule has 2 N–H and O–H groups in total. The van der Waals surface area contributed by atoms with Gasteiger partial charge < -0.3 is 15.4 Å². The van der Waals surface area contributed by atoms with E-state index in [4.69, 9.17) is 4.74 Å². The van der Waals surface area contributed by atoms with Crippen LogP contribution in [0.15, 0.2) is 66.9 Å². The minimum atomic E-state index is -0.408. The second-order valence-corrected chi connectivity index (χ2v) is 5.90. The van der Waals surface area contributed by atoms with Crippen molar-refractivity contribution in [2.45, 2.75) is 6.92 Å². The number of pyridine rings is 1. The van der Waals surface area contributed by atoms with Gasteiger partial charge in [-0.3, -0.25) is 4.79 Å². The van der Waals surface area contributed by atoms with Crippen molar-refractivity contribution in [1.29, 1.82) is 0 Å². The summed E-state index contributed by atoms with van der Waals surface area (Å²) in [6.45, 7) is 1.93. The molecular weight excluding hydrogens is 342 g/mol. The smallest absolute Gasteiger partial charge is 0.337 e. The van der Waals surface area contributed by atoms with Gasteiger partial charge in [-0.25, -0.2) is 9.78 Å². The highest BCUT2D eigenvalue weighted by molar-refractivity contribution is 6.04. The minimum Gasteiger partial charge on any atom is -0.465 e. The standard InChI is InChI=1S/C21H19N3O3/c1-14-6-3-4-9-18(14)24-20(25)16-10-11-19(22-13-16)23-17-8-5-7-15(12-17)21(26)27-2/h3-13H,1-2H3,(H,22,23)(H,24,25). The minimum absolute atomic E-state index is 0.226. The first kappa shape index (κ1) is 18.1. The SMILES string of the molecule is COC(=O)c1cccc(Nc2ccc(C(=O)Nc3ccccc3C)cn2)c1. The summed E-state index contributed by atoms with van der Waals surface area (Å²) in [4.78, 5) is 28.2. The summed E-state index contributed by atoms with van der Waals surface area (Å²) in [5.74, 6) is -0.0738. The quantitative estimate of drug-likeness (QED) is 0.667. The molecular formula is C21H19N3O3. The van der Waals surface area contributed by atoms with Gasteiger partial charge in [0.2, 0.25) is 0 Å². The number of nitrogens with zero attached hydrogens (tertiary/aromatic N) is 1. The van der Waals surface area contributed by atoms with Crippen LogP contribution < -0.4 is 10.6 Å². The largest absolute Gasteiger partial charge is 0.465 e. The van der Waals surface area contributed by atoms with E-state index in [1.165, 1.54) is 13.3 Å². The van der Waals surface area contributed by atoms with E-state index >= 15 is 0 Å². The highest BCUT2D eigenvalue weighted by Crippen LogP contribution is 2.18. The molecule has 0 saturated carbocycles. The molecule has 0 radical (unpaired) electrons. The number of rotatable bonds is 5. The zero-order valence-electron chi connectivity index (χ0n) is 15.0. The fourth-order valence-electron chi connectivity index (χ4n) is 2.50. The van der Waals surface area contributed by atoms with E-state index in [0.29, 0.717) is 22.6 Å². The molecule has 0 aliphatic heterocycles. The molecule has 136 valence electrons. The van der Waals surface area contributed by atoms with Gasteiger partial charge in [-0.1, -0.05) is 24.3 Å². The summed E-state index contributed by atoms with van der Waals surface area (Å²) in [6, 6.07) is 17.9. The highest BCUT2D eigenvalue weighted by atomic mass is 16.5. The molecule has 3 aromatic rings. The third-order valence-corrected chi connectivity index (χ3v) is 3.98. The Balaban J connectivity index is 1.69. The molecule has 0 bridgehead atoms. The Bertz CT molecular complexity index is 968. The first-order chi connectivity index (χ1) is 13.1. The molecule has 0 unspecified atom stereocenters. The molecule has 0 atom stereocenters. The predicted octanol–water partition coefficient (Wildman–Crippen LogP) is 4.17. The van der Waals surface area contributed by atoms with E-state index in [0.717, 1.165) is 11.3 Å². The van der Waals surface area contributed by atoms with E-state index < -0.39 is 5.97 Å². The Hall–Kier alpha value is -3.67. The Morgan fingerprint density at radius 2 is 1.78 bits per heavy atom. The van der Waals surface area contributed by atoms with E-state index in [2.05, 4.69) is 15.6 Å². The lowest BCUT2D eigenvalue weighted by Gasteiger charge is -2.09. The number of hydrogen-bond acceptors (Lipinski definition) is 5. The summed E-state index contributed by atoms with van der Waals surface area (Å²) in [5.41, 5.74) is 3.35. The van der Waals surface area contributed by atoms with Crippen molar-refractivity contribution in [2.75, 3.05) is 17.7 Å². The zero-order valence-corrected chi connectivity index (χ0v) is 15.0. The fraction of sp³-hybridized carbons (Fsp3) is 0.0952. The number of carbonyl (C=O) groups is 2. The fourth-order valence-corrected chi connectivity index (χ4v) is 2.50. The summed E-state index contributed by atoms with van der Waals surface area (Å²) in [5, 5.41) is 5.97. The average molecular weight is 361 g/mol. The number of methoxy groups -OCH3 is 1. The van der Waals surface area contributed by atoms with Crippen molar-refractivity contribution in [3.63, 3.8) is 0 Å². The van der Waals surface area contributed by atoms with E-state index in [-0.39, 0.29) is 5.91 Å². The van der Waals surface area contributed by atoms with Gasteiger partial charge in [0.05, 0.1) is 18.2 Å². The molecule has 3 rings (SSSR count). The maximum Gasteiger partial charge on any atom is 0.337 e. The maximum absolute atomic E-state index is 12.4. The van der Waals surface area contributed by atoms with Crippen molar-refractivity contribution >= 4 is 29.1 Å². The van der Waals surface area contributed by atoms with Gasteiger partial charge in [0, 0.05) is 17.6 Å². The van der Waals surface area contributed by atoms with Crippen molar-refractivity contribution in [2.24, 2.45) is 0 Å². The van der Waals surface area contributed by atoms with Crippen LogP contribution in [0.25, 0.3) is 0 Å². The lowest BCUT2D eigenvalue weighted by atomic mass is 10.2. The van der Waals surface area contributed by atoms with E-state index in [9.17, 15) is 9.59 Å². The Morgan fingerprint density at radius 1 is 0.963 bits per heavy atom.